The van der Waals surface area contributed by atoms with Crippen LogP contribution in [0.5, 0.6) is 0 Å². The Morgan fingerprint density at radius 2 is 1.95 bits per heavy atom. The van der Waals surface area contributed by atoms with E-state index in [1.165, 1.54) is 5.56 Å². The molecule has 1 fully saturated rings. The molecule has 0 radical (unpaired) electrons. The van der Waals surface area contributed by atoms with Gasteiger partial charge >= 0.3 is 5.97 Å². The van der Waals surface area contributed by atoms with Crippen LogP contribution in [0.1, 0.15) is 42.6 Å². The molecular formula is C16H22O3. The van der Waals surface area contributed by atoms with Crippen molar-refractivity contribution in [2.75, 3.05) is 0 Å². The number of rotatable bonds is 3. The Labute approximate surface area is 114 Å². The van der Waals surface area contributed by atoms with Crippen molar-refractivity contribution >= 4 is 5.97 Å². The molecule has 4 atom stereocenters. The summed E-state index contributed by atoms with van der Waals surface area (Å²) in [5, 5.41) is 19.8. The number of benzene rings is 1. The van der Waals surface area contributed by atoms with Gasteiger partial charge in [-0.1, -0.05) is 25.1 Å². The van der Waals surface area contributed by atoms with Gasteiger partial charge in [0.15, 0.2) is 0 Å². The first-order chi connectivity index (χ1) is 8.90. The molecule has 1 aromatic rings. The predicted molar refractivity (Wildman–Crippen MR) is 73.9 cm³/mol. The standard InChI is InChI=1S/C16H22O3/c1-9-6-13(14(7-9)16(18)19)15(17)12-5-4-10(2)11(3)8-12/h4-5,8-9,13-15,17H,6-7H2,1-3H3,(H,18,19). The number of hydrogen-bond donors (Lipinski definition) is 2. The molecule has 0 aliphatic heterocycles. The molecule has 0 saturated heterocycles. The van der Waals surface area contributed by atoms with Crippen molar-refractivity contribution in [3.63, 3.8) is 0 Å². The Bertz CT molecular complexity index is 481. The van der Waals surface area contributed by atoms with E-state index in [0.717, 1.165) is 17.5 Å². The molecule has 3 heteroatoms. The molecule has 1 aromatic carbocycles. The molecule has 19 heavy (non-hydrogen) atoms. The van der Waals surface area contributed by atoms with E-state index in [1.54, 1.807) is 0 Å². The fourth-order valence-electron chi connectivity index (χ4n) is 3.16. The third-order valence-corrected chi connectivity index (χ3v) is 4.44. The molecule has 104 valence electrons. The van der Waals surface area contributed by atoms with Crippen molar-refractivity contribution in [1.82, 2.24) is 0 Å². The van der Waals surface area contributed by atoms with E-state index in [4.69, 9.17) is 0 Å². The molecule has 3 nitrogen and oxygen atoms in total. The van der Waals surface area contributed by atoms with Gasteiger partial charge in [0.05, 0.1) is 12.0 Å². The minimum absolute atomic E-state index is 0.172. The average Bonchev–Trinajstić information content (AvgIpc) is 2.74. The lowest BCUT2D eigenvalue weighted by molar-refractivity contribution is -0.144. The number of carbonyl (C=O) groups is 1. The highest BCUT2D eigenvalue weighted by molar-refractivity contribution is 5.71. The van der Waals surface area contributed by atoms with Gasteiger partial charge < -0.3 is 10.2 Å². The maximum absolute atomic E-state index is 11.3. The number of hydrogen-bond acceptors (Lipinski definition) is 2. The van der Waals surface area contributed by atoms with Gasteiger partial charge in [0.2, 0.25) is 0 Å². The molecule has 2 N–H and O–H groups in total. The molecule has 2 rings (SSSR count). The Balaban J connectivity index is 2.24. The van der Waals surface area contributed by atoms with Gasteiger partial charge in [-0.3, -0.25) is 4.79 Å². The van der Waals surface area contributed by atoms with Crippen molar-refractivity contribution in [3.8, 4) is 0 Å². The van der Waals surface area contributed by atoms with Crippen molar-refractivity contribution in [3.05, 3.63) is 34.9 Å². The van der Waals surface area contributed by atoms with Crippen molar-refractivity contribution < 1.29 is 15.0 Å². The van der Waals surface area contributed by atoms with Gasteiger partial charge in [0.1, 0.15) is 0 Å². The Morgan fingerprint density at radius 1 is 1.26 bits per heavy atom. The second-order valence-electron chi connectivity index (χ2n) is 5.97. The Kier molecular flexibility index (Phi) is 3.95. The summed E-state index contributed by atoms with van der Waals surface area (Å²) in [5.41, 5.74) is 3.16. The molecule has 1 aliphatic carbocycles. The van der Waals surface area contributed by atoms with Gasteiger partial charge in [-0.15, -0.1) is 0 Å². The first kappa shape index (κ1) is 14.1. The zero-order valence-electron chi connectivity index (χ0n) is 11.8. The second-order valence-corrected chi connectivity index (χ2v) is 5.97. The summed E-state index contributed by atoms with van der Waals surface area (Å²) >= 11 is 0. The van der Waals surface area contributed by atoms with Crippen LogP contribution in [-0.4, -0.2) is 16.2 Å². The summed E-state index contributed by atoms with van der Waals surface area (Å²) in [6.45, 7) is 6.10. The van der Waals surface area contributed by atoms with Crippen LogP contribution in [0.25, 0.3) is 0 Å². The van der Waals surface area contributed by atoms with E-state index in [0.29, 0.717) is 12.3 Å². The van der Waals surface area contributed by atoms with E-state index >= 15 is 0 Å². The highest BCUT2D eigenvalue weighted by Gasteiger charge is 2.41. The van der Waals surface area contributed by atoms with Crippen LogP contribution in [-0.2, 0) is 4.79 Å². The van der Waals surface area contributed by atoms with Crippen molar-refractivity contribution in [1.29, 1.82) is 0 Å². The summed E-state index contributed by atoms with van der Waals surface area (Å²) in [6.07, 6.45) is 0.776. The number of aryl methyl sites for hydroxylation is 2. The summed E-state index contributed by atoms with van der Waals surface area (Å²) in [6, 6.07) is 5.87. The quantitative estimate of drug-likeness (QED) is 0.880. The lowest BCUT2D eigenvalue weighted by Crippen LogP contribution is -2.23. The lowest BCUT2D eigenvalue weighted by atomic mass is 9.86. The monoisotopic (exact) mass is 262 g/mol. The van der Waals surface area contributed by atoms with Crippen LogP contribution in [0.4, 0.5) is 0 Å². The highest BCUT2D eigenvalue weighted by atomic mass is 16.4. The minimum atomic E-state index is -0.780. The topological polar surface area (TPSA) is 57.5 Å². The number of aliphatic hydroxyl groups excluding tert-OH is 1. The van der Waals surface area contributed by atoms with Gasteiger partial charge in [-0.05, 0) is 49.3 Å². The van der Waals surface area contributed by atoms with E-state index < -0.39 is 18.0 Å². The molecular weight excluding hydrogens is 240 g/mol. The van der Waals surface area contributed by atoms with E-state index in [1.807, 2.05) is 32.0 Å². The van der Waals surface area contributed by atoms with E-state index in [-0.39, 0.29) is 5.92 Å². The van der Waals surface area contributed by atoms with Gasteiger partial charge in [0, 0.05) is 5.92 Å². The average molecular weight is 262 g/mol. The molecule has 0 heterocycles. The number of carboxylic acids is 1. The molecule has 0 spiro atoms. The lowest BCUT2D eigenvalue weighted by Gasteiger charge is -2.23. The number of carboxylic acid groups (broad SMARTS) is 1. The fraction of sp³-hybridized carbons (Fsp3) is 0.562. The first-order valence-corrected chi connectivity index (χ1v) is 6.88. The molecule has 1 saturated carbocycles. The predicted octanol–water partition coefficient (Wildman–Crippen LogP) is 3.08. The van der Waals surface area contributed by atoms with E-state index in [9.17, 15) is 15.0 Å². The summed E-state index contributed by atoms with van der Waals surface area (Å²) in [7, 11) is 0. The second kappa shape index (κ2) is 5.33. The molecule has 1 aliphatic rings. The van der Waals surface area contributed by atoms with Gasteiger partial charge in [0.25, 0.3) is 0 Å². The van der Waals surface area contributed by atoms with Crippen molar-refractivity contribution in [2.24, 2.45) is 17.8 Å². The Hall–Kier alpha value is -1.35. The van der Waals surface area contributed by atoms with Crippen LogP contribution in [0, 0.1) is 31.6 Å². The van der Waals surface area contributed by atoms with Crippen molar-refractivity contribution in [2.45, 2.75) is 39.7 Å². The third kappa shape index (κ3) is 2.81. The van der Waals surface area contributed by atoms with Crippen LogP contribution in [0.3, 0.4) is 0 Å². The minimum Gasteiger partial charge on any atom is -0.481 e. The number of aliphatic hydroxyl groups is 1. The molecule has 0 aromatic heterocycles. The maximum Gasteiger partial charge on any atom is 0.306 e. The highest BCUT2D eigenvalue weighted by Crippen LogP contribution is 2.43. The summed E-state index contributed by atoms with van der Waals surface area (Å²) in [5.74, 6) is -1.01. The zero-order valence-corrected chi connectivity index (χ0v) is 11.8. The molecule has 0 bridgehead atoms. The SMILES string of the molecule is Cc1ccc(C(O)C2CC(C)CC2C(=O)O)cc1C. The number of aliphatic carboxylic acids is 1. The molecule has 0 amide bonds. The van der Waals surface area contributed by atoms with Gasteiger partial charge in [-0.2, -0.15) is 0 Å². The normalized spacial score (nSPS) is 28.3. The van der Waals surface area contributed by atoms with Crippen LogP contribution >= 0.6 is 0 Å². The zero-order chi connectivity index (χ0) is 14.2. The third-order valence-electron chi connectivity index (χ3n) is 4.44. The maximum atomic E-state index is 11.3. The van der Waals surface area contributed by atoms with Crippen LogP contribution in [0.15, 0.2) is 18.2 Å². The van der Waals surface area contributed by atoms with Crippen LogP contribution in [0.2, 0.25) is 0 Å². The van der Waals surface area contributed by atoms with Crippen LogP contribution < -0.4 is 0 Å². The molecule has 4 unspecified atom stereocenters. The smallest absolute Gasteiger partial charge is 0.306 e. The van der Waals surface area contributed by atoms with Gasteiger partial charge in [-0.25, -0.2) is 0 Å². The fourth-order valence-corrected chi connectivity index (χ4v) is 3.16. The van der Waals surface area contributed by atoms with E-state index in [2.05, 4.69) is 6.92 Å². The largest absolute Gasteiger partial charge is 0.481 e. The first-order valence-electron chi connectivity index (χ1n) is 6.88. The Morgan fingerprint density at radius 3 is 2.53 bits per heavy atom. The summed E-state index contributed by atoms with van der Waals surface area (Å²) < 4.78 is 0. The summed E-state index contributed by atoms with van der Waals surface area (Å²) in [4.78, 5) is 11.3.